The lowest BCUT2D eigenvalue weighted by Gasteiger charge is -2.05. The Hall–Kier alpha value is -2.03. The maximum absolute atomic E-state index is 12.3. The van der Waals surface area contributed by atoms with E-state index < -0.39 is 0 Å². The molecule has 0 aliphatic carbocycles. The smallest absolute Gasteiger partial charge is 0.305 e. The zero-order chi connectivity index (χ0) is 14.6. The molecule has 0 unspecified atom stereocenters. The molecule has 3 aromatic heterocycles. The fourth-order valence-electron chi connectivity index (χ4n) is 2.35. The van der Waals surface area contributed by atoms with Gasteiger partial charge in [0.05, 0.1) is 0 Å². The first-order chi connectivity index (χ1) is 9.49. The normalized spacial score (nSPS) is 11.8. The topological polar surface area (TPSA) is 79.1 Å². The van der Waals surface area contributed by atoms with E-state index in [1.54, 1.807) is 23.1 Å². The predicted molar refractivity (Wildman–Crippen MR) is 76.3 cm³/mol. The van der Waals surface area contributed by atoms with Crippen LogP contribution in [0.3, 0.4) is 0 Å². The third-order valence-corrected chi connectivity index (χ3v) is 4.16. The molecule has 8 nitrogen and oxygen atoms in total. The number of rotatable bonds is 2. The lowest BCUT2D eigenvalue weighted by atomic mass is 10.5. The van der Waals surface area contributed by atoms with Gasteiger partial charge >= 0.3 is 5.69 Å². The fourth-order valence-corrected chi connectivity index (χ4v) is 3.01. The van der Waals surface area contributed by atoms with Crippen molar-refractivity contribution in [3.05, 3.63) is 20.8 Å². The zero-order valence-electron chi connectivity index (χ0n) is 11.6. The average molecular weight is 294 g/mol. The molecule has 0 saturated heterocycles. The van der Waals surface area contributed by atoms with E-state index in [1.807, 2.05) is 6.92 Å². The highest BCUT2D eigenvalue weighted by molar-refractivity contribution is 7.99. The van der Waals surface area contributed by atoms with E-state index in [9.17, 15) is 9.59 Å². The average Bonchev–Trinajstić information content (AvgIpc) is 2.95. The van der Waals surface area contributed by atoms with Gasteiger partial charge in [0.2, 0.25) is 5.78 Å². The van der Waals surface area contributed by atoms with Gasteiger partial charge in [0.25, 0.3) is 5.56 Å². The standard InChI is InChI=1S/C11H14N6O2S/c1-5-20-10-13-12-9-14(2)6-7(17(9)10)15(3)11(19)16(4)8(6)18/h5H2,1-4H3. The van der Waals surface area contributed by atoms with Crippen molar-refractivity contribution in [1.29, 1.82) is 0 Å². The van der Waals surface area contributed by atoms with Crippen LogP contribution in [-0.4, -0.2) is 34.1 Å². The SMILES string of the molecule is CCSc1nnc2n(C)c3c(=O)n(C)c(=O)n(C)c3n12. The molecule has 3 heterocycles. The Morgan fingerprint density at radius 2 is 1.75 bits per heavy atom. The van der Waals surface area contributed by atoms with E-state index in [1.165, 1.54) is 23.4 Å². The van der Waals surface area contributed by atoms with Crippen LogP contribution in [0.25, 0.3) is 16.9 Å². The van der Waals surface area contributed by atoms with Crippen LogP contribution in [-0.2, 0) is 21.1 Å². The van der Waals surface area contributed by atoms with E-state index in [0.29, 0.717) is 22.1 Å². The van der Waals surface area contributed by atoms with Crippen LogP contribution in [0, 0.1) is 0 Å². The van der Waals surface area contributed by atoms with Crippen LogP contribution in [0.4, 0.5) is 0 Å². The molecule has 0 fully saturated rings. The van der Waals surface area contributed by atoms with E-state index in [0.717, 1.165) is 10.3 Å². The first-order valence-electron chi connectivity index (χ1n) is 6.11. The van der Waals surface area contributed by atoms with Crippen LogP contribution >= 0.6 is 11.8 Å². The van der Waals surface area contributed by atoms with Gasteiger partial charge in [-0.05, 0) is 5.75 Å². The highest BCUT2D eigenvalue weighted by Crippen LogP contribution is 2.22. The first kappa shape index (κ1) is 13.0. The fraction of sp³-hybridized carbons (Fsp3) is 0.455. The van der Waals surface area contributed by atoms with Gasteiger partial charge in [-0.15, -0.1) is 10.2 Å². The van der Waals surface area contributed by atoms with Crippen LogP contribution < -0.4 is 11.2 Å². The second-order valence-electron chi connectivity index (χ2n) is 4.49. The quantitative estimate of drug-likeness (QED) is 0.608. The molecule has 0 N–H and O–H groups in total. The molecule has 106 valence electrons. The van der Waals surface area contributed by atoms with Gasteiger partial charge in [-0.2, -0.15) is 0 Å². The number of aryl methyl sites for hydroxylation is 2. The summed E-state index contributed by atoms with van der Waals surface area (Å²) in [6.45, 7) is 2.01. The number of hydrogen-bond donors (Lipinski definition) is 0. The van der Waals surface area contributed by atoms with Crippen molar-refractivity contribution in [2.75, 3.05) is 5.75 Å². The molecule has 0 bridgehead atoms. The Morgan fingerprint density at radius 3 is 2.40 bits per heavy atom. The Kier molecular flexibility index (Phi) is 2.75. The number of hydrogen-bond acceptors (Lipinski definition) is 5. The van der Waals surface area contributed by atoms with Crippen molar-refractivity contribution >= 4 is 28.7 Å². The number of fused-ring (bicyclic) bond motifs is 3. The molecule has 0 aromatic carbocycles. The van der Waals surface area contributed by atoms with Gasteiger partial charge < -0.3 is 4.57 Å². The summed E-state index contributed by atoms with van der Waals surface area (Å²) in [5.74, 6) is 1.38. The van der Waals surface area contributed by atoms with Crippen LogP contribution in [0.2, 0.25) is 0 Å². The highest BCUT2D eigenvalue weighted by atomic mass is 32.2. The van der Waals surface area contributed by atoms with E-state index in [-0.39, 0.29) is 11.2 Å². The van der Waals surface area contributed by atoms with E-state index >= 15 is 0 Å². The van der Waals surface area contributed by atoms with Gasteiger partial charge in [-0.25, -0.2) is 9.20 Å². The molecule has 0 radical (unpaired) electrons. The van der Waals surface area contributed by atoms with E-state index in [2.05, 4.69) is 10.2 Å². The molecule has 9 heteroatoms. The Bertz CT molecular complexity index is 944. The molecule has 0 saturated carbocycles. The maximum atomic E-state index is 12.3. The van der Waals surface area contributed by atoms with Crippen molar-refractivity contribution in [2.45, 2.75) is 12.1 Å². The third kappa shape index (κ3) is 1.43. The molecular weight excluding hydrogens is 280 g/mol. The van der Waals surface area contributed by atoms with Crippen LogP contribution in [0.15, 0.2) is 14.7 Å². The number of thioether (sulfide) groups is 1. The van der Waals surface area contributed by atoms with Gasteiger partial charge in [0, 0.05) is 21.1 Å². The second kappa shape index (κ2) is 4.23. The monoisotopic (exact) mass is 294 g/mol. The summed E-state index contributed by atoms with van der Waals surface area (Å²) in [7, 11) is 4.86. The summed E-state index contributed by atoms with van der Waals surface area (Å²) in [6.07, 6.45) is 0. The molecule has 0 atom stereocenters. The Morgan fingerprint density at radius 1 is 1.05 bits per heavy atom. The summed E-state index contributed by atoms with van der Waals surface area (Å²) in [4.78, 5) is 24.4. The van der Waals surface area contributed by atoms with Crippen molar-refractivity contribution in [1.82, 2.24) is 28.3 Å². The van der Waals surface area contributed by atoms with Crippen molar-refractivity contribution in [3.63, 3.8) is 0 Å². The minimum absolute atomic E-state index is 0.330. The van der Waals surface area contributed by atoms with Gasteiger partial charge in [0.1, 0.15) is 0 Å². The zero-order valence-corrected chi connectivity index (χ0v) is 12.4. The van der Waals surface area contributed by atoms with Gasteiger partial charge in [0.15, 0.2) is 16.3 Å². The summed E-state index contributed by atoms with van der Waals surface area (Å²) >= 11 is 1.52. The first-order valence-corrected chi connectivity index (χ1v) is 7.10. The number of imidazole rings is 1. The molecule has 0 amide bonds. The summed E-state index contributed by atoms with van der Waals surface area (Å²) in [5, 5.41) is 8.89. The van der Waals surface area contributed by atoms with Gasteiger partial charge in [-0.1, -0.05) is 18.7 Å². The lowest BCUT2D eigenvalue weighted by molar-refractivity contribution is 0.699. The van der Waals surface area contributed by atoms with Crippen molar-refractivity contribution in [3.8, 4) is 0 Å². The van der Waals surface area contributed by atoms with Crippen LogP contribution in [0.5, 0.6) is 0 Å². The van der Waals surface area contributed by atoms with Crippen molar-refractivity contribution < 1.29 is 0 Å². The molecule has 0 spiro atoms. The van der Waals surface area contributed by atoms with Crippen LogP contribution in [0.1, 0.15) is 6.92 Å². The lowest BCUT2D eigenvalue weighted by Crippen LogP contribution is -2.37. The molecule has 0 aliphatic heterocycles. The Labute approximate surface area is 117 Å². The minimum Gasteiger partial charge on any atom is -0.305 e. The summed E-state index contributed by atoms with van der Waals surface area (Å²) in [5.41, 5.74) is 0.272. The van der Waals surface area contributed by atoms with E-state index in [4.69, 9.17) is 0 Å². The molecular formula is C11H14N6O2S. The predicted octanol–water partition coefficient (Wildman–Crippen LogP) is -0.270. The molecule has 0 aliphatic rings. The van der Waals surface area contributed by atoms with Gasteiger partial charge in [-0.3, -0.25) is 13.9 Å². The minimum atomic E-state index is -0.365. The third-order valence-electron chi connectivity index (χ3n) is 3.35. The molecule has 3 aromatic rings. The Balaban J connectivity index is 2.66. The molecule has 3 rings (SSSR count). The summed E-state index contributed by atoms with van der Waals surface area (Å²) in [6, 6.07) is 0. The molecule has 20 heavy (non-hydrogen) atoms. The highest BCUT2D eigenvalue weighted by Gasteiger charge is 2.21. The number of nitrogens with zero attached hydrogens (tertiary/aromatic N) is 6. The maximum Gasteiger partial charge on any atom is 0.332 e. The number of aromatic nitrogens is 6. The second-order valence-corrected chi connectivity index (χ2v) is 5.72. The largest absolute Gasteiger partial charge is 0.332 e. The summed E-state index contributed by atoms with van der Waals surface area (Å²) < 4.78 is 5.98. The van der Waals surface area contributed by atoms with Crippen molar-refractivity contribution in [2.24, 2.45) is 21.1 Å².